The van der Waals surface area contributed by atoms with Crippen LogP contribution >= 0.6 is 0 Å². The second-order valence-corrected chi connectivity index (χ2v) is 8.19. The van der Waals surface area contributed by atoms with Crippen molar-refractivity contribution in [1.82, 2.24) is 4.90 Å². The molecule has 1 saturated heterocycles. The summed E-state index contributed by atoms with van der Waals surface area (Å²) in [5.41, 5.74) is 1.80. The van der Waals surface area contributed by atoms with Crippen LogP contribution in [0.15, 0.2) is 53.4 Å². The number of hydrogen-bond acceptors (Lipinski definition) is 4. The molecule has 1 unspecified atom stereocenters. The Bertz CT molecular complexity index is 802. The number of hydrogen-bond donors (Lipinski definition) is 2. The number of aromatic hydroxyl groups is 1. The Morgan fingerprint density at radius 3 is 2.44 bits per heavy atom. The zero-order valence-electron chi connectivity index (χ0n) is 14.4. The molecule has 0 bridgehead atoms. The molecular formula is C19H24N2O3S. The minimum Gasteiger partial charge on any atom is -0.508 e. The molecule has 0 radical (unpaired) electrons. The van der Waals surface area contributed by atoms with Gasteiger partial charge < -0.3 is 10.0 Å². The van der Waals surface area contributed by atoms with Crippen LogP contribution in [-0.2, 0) is 10.0 Å². The molecular weight excluding hydrogens is 336 g/mol. The summed E-state index contributed by atoms with van der Waals surface area (Å²) in [6.07, 6.45) is 2.32. The third kappa shape index (κ3) is 4.32. The molecule has 1 aliphatic rings. The average molecular weight is 360 g/mol. The smallest absolute Gasteiger partial charge is 0.261 e. The first-order valence-corrected chi connectivity index (χ1v) is 10.1. The summed E-state index contributed by atoms with van der Waals surface area (Å²) in [6.45, 7) is 5.55. The van der Waals surface area contributed by atoms with Crippen molar-refractivity contribution in [3.8, 4) is 5.75 Å². The zero-order valence-corrected chi connectivity index (χ0v) is 15.2. The van der Waals surface area contributed by atoms with Gasteiger partial charge in [-0.05, 0) is 73.8 Å². The molecule has 0 amide bonds. The van der Waals surface area contributed by atoms with Gasteiger partial charge in [0.05, 0.1) is 4.90 Å². The minimum atomic E-state index is -3.65. The largest absolute Gasteiger partial charge is 0.508 e. The zero-order chi connectivity index (χ0) is 17.9. The van der Waals surface area contributed by atoms with Crippen LogP contribution in [-0.4, -0.2) is 38.1 Å². The monoisotopic (exact) mass is 360 g/mol. The first-order valence-electron chi connectivity index (χ1n) is 8.62. The van der Waals surface area contributed by atoms with E-state index in [4.69, 9.17) is 0 Å². The van der Waals surface area contributed by atoms with E-state index in [9.17, 15) is 13.5 Å². The highest BCUT2D eigenvalue weighted by molar-refractivity contribution is 7.92. The Kier molecular flexibility index (Phi) is 5.30. The van der Waals surface area contributed by atoms with Crippen LogP contribution < -0.4 is 4.72 Å². The molecule has 1 aliphatic heterocycles. The van der Waals surface area contributed by atoms with Crippen LogP contribution in [0.25, 0.3) is 0 Å². The molecule has 2 aromatic rings. The molecule has 0 aliphatic carbocycles. The number of nitrogens with zero attached hydrogens (tertiary/aromatic N) is 1. The van der Waals surface area contributed by atoms with Gasteiger partial charge in [-0.3, -0.25) is 4.72 Å². The predicted molar refractivity (Wildman–Crippen MR) is 99.4 cm³/mol. The van der Waals surface area contributed by atoms with E-state index in [1.54, 1.807) is 0 Å². The maximum absolute atomic E-state index is 12.4. The normalized spacial score (nSPS) is 18.4. The molecule has 1 heterocycles. The van der Waals surface area contributed by atoms with Crippen molar-refractivity contribution in [1.29, 1.82) is 0 Å². The fourth-order valence-corrected chi connectivity index (χ4v) is 4.35. The molecule has 6 heteroatoms. The first kappa shape index (κ1) is 17.8. The van der Waals surface area contributed by atoms with E-state index in [-0.39, 0.29) is 10.6 Å². The van der Waals surface area contributed by atoms with Gasteiger partial charge in [-0.15, -0.1) is 0 Å². The minimum absolute atomic E-state index is 0.0389. The average Bonchev–Trinajstić information content (AvgIpc) is 3.05. The summed E-state index contributed by atoms with van der Waals surface area (Å²) in [7, 11) is -3.65. The molecule has 0 saturated carbocycles. The number of nitrogens with one attached hydrogen (secondary N) is 1. The molecule has 1 fully saturated rings. The molecule has 2 N–H and O–H groups in total. The lowest BCUT2D eigenvalue weighted by molar-refractivity contribution is 0.335. The van der Waals surface area contributed by atoms with Crippen molar-refractivity contribution in [2.45, 2.75) is 30.6 Å². The van der Waals surface area contributed by atoms with Gasteiger partial charge in [-0.25, -0.2) is 8.42 Å². The van der Waals surface area contributed by atoms with E-state index in [2.05, 4.69) is 16.5 Å². The van der Waals surface area contributed by atoms with Gasteiger partial charge in [-0.1, -0.05) is 19.1 Å². The van der Waals surface area contributed by atoms with E-state index in [0.29, 0.717) is 11.6 Å². The Morgan fingerprint density at radius 1 is 1.12 bits per heavy atom. The Balaban J connectivity index is 1.67. The lowest BCUT2D eigenvalue weighted by atomic mass is 9.98. The molecule has 0 aromatic heterocycles. The predicted octanol–water partition coefficient (Wildman–Crippen LogP) is 3.39. The van der Waals surface area contributed by atoms with Crippen molar-refractivity contribution < 1.29 is 13.5 Å². The number of rotatable bonds is 6. The van der Waals surface area contributed by atoms with Gasteiger partial charge in [0.25, 0.3) is 10.0 Å². The Labute approximate surface area is 149 Å². The molecule has 0 spiro atoms. The van der Waals surface area contributed by atoms with Crippen LogP contribution in [0.2, 0.25) is 0 Å². The van der Waals surface area contributed by atoms with Gasteiger partial charge >= 0.3 is 0 Å². The topological polar surface area (TPSA) is 69.6 Å². The second-order valence-electron chi connectivity index (χ2n) is 6.51. The van der Waals surface area contributed by atoms with Crippen LogP contribution in [0.5, 0.6) is 5.75 Å². The number of phenols is 1. The SMILES string of the molecule is CCCN1CCC(c2ccc(NS(=O)(=O)c3ccc(O)cc3)cc2)C1. The lowest BCUT2D eigenvalue weighted by Gasteiger charge is -2.15. The standard InChI is InChI=1S/C19H24N2O3S/c1-2-12-21-13-11-16(14-21)15-3-5-17(6-4-15)20-25(23,24)19-9-7-18(22)8-10-19/h3-10,16,20,22H,2,11-14H2,1H3. The number of sulfonamides is 1. The fraction of sp³-hybridized carbons (Fsp3) is 0.368. The third-order valence-electron chi connectivity index (χ3n) is 4.59. The maximum atomic E-state index is 12.4. The highest BCUT2D eigenvalue weighted by Crippen LogP contribution is 2.28. The molecule has 134 valence electrons. The van der Waals surface area contributed by atoms with E-state index in [1.807, 2.05) is 24.3 Å². The van der Waals surface area contributed by atoms with Crippen molar-refractivity contribution in [2.24, 2.45) is 0 Å². The van der Waals surface area contributed by atoms with Gasteiger partial charge in [0.1, 0.15) is 5.75 Å². The van der Waals surface area contributed by atoms with Crippen molar-refractivity contribution in [3.05, 3.63) is 54.1 Å². The lowest BCUT2D eigenvalue weighted by Crippen LogP contribution is -2.20. The van der Waals surface area contributed by atoms with Gasteiger partial charge in [0.15, 0.2) is 0 Å². The van der Waals surface area contributed by atoms with Crippen LogP contribution in [0.4, 0.5) is 5.69 Å². The molecule has 2 aromatic carbocycles. The second kappa shape index (κ2) is 7.45. The van der Waals surface area contributed by atoms with Gasteiger partial charge in [-0.2, -0.15) is 0 Å². The van der Waals surface area contributed by atoms with Gasteiger partial charge in [0, 0.05) is 12.2 Å². The van der Waals surface area contributed by atoms with E-state index >= 15 is 0 Å². The molecule has 5 nitrogen and oxygen atoms in total. The van der Waals surface area contributed by atoms with E-state index < -0.39 is 10.0 Å². The van der Waals surface area contributed by atoms with Crippen LogP contribution in [0.3, 0.4) is 0 Å². The number of phenolic OH excluding ortho intramolecular Hbond substituents is 1. The first-order chi connectivity index (χ1) is 12.0. The summed E-state index contributed by atoms with van der Waals surface area (Å²) in [5.74, 6) is 0.561. The van der Waals surface area contributed by atoms with Crippen molar-refractivity contribution in [2.75, 3.05) is 24.4 Å². The van der Waals surface area contributed by atoms with Crippen LogP contribution in [0.1, 0.15) is 31.2 Å². The third-order valence-corrected chi connectivity index (χ3v) is 5.99. The summed E-state index contributed by atoms with van der Waals surface area (Å²) in [5, 5.41) is 9.28. The highest BCUT2D eigenvalue weighted by Gasteiger charge is 2.23. The number of likely N-dealkylation sites (tertiary alicyclic amines) is 1. The van der Waals surface area contributed by atoms with E-state index in [0.717, 1.165) is 26.1 Å². The van der Waals surface area contributed by atoms with Gasteiger partial charge in [0.2, 0.25) is 0 Å². The number of anilines is 1. The van der Waals surface area contributed by atoms with E-state index in [1.165, 1.54) is 36.2 Å². The van der Waals surface area contributed by atoms with Crippen LogP contribution in [0, 0.1) is 0 Å². The maximum Gasteiger partial charge on any atom is 0.261 e. The Morgan fingerprint density at radius 2 is 1.80 bits per heavy atom. The quantitative estimate of drug-likeness (QED) is 0.828. The summed E-state index contributed by atoms with van der Waals surface area (Å²) >= 11 is 0. The highest BCUT2D eigenvalue weighted by atomic mass is 32.2. The fourth-order valence-electron chi connectivity index (χ4n) is 3.29. The number of benzene rings is 2. The van der Waals surface area contributed by atoms with Crippen molar-refractivity contribution in [3.63, 3.8) is 0 Å². The molecule has 3 rings (SSSR count). The summed E-state index contributed by atoms with van der Waals surface area (Å²) < 4.78 is 27.3. The molecule has 1 atom stereocenters. The Hall–Kier alpha value is -2.05. The summed E-state index contributed by atoms with van der Waals surface area (Å²) in [6, 6.07) is 13.1. The van der Waals surface area contributed by atoms with Crippen molar-refractivity contribution >= 4 is 15.7 Å². The molecule has 25 heavy (non-hydrogen) atoms. The summed E-state index contributed by atoms with van der Waals surface area (Å²) in [4.78, 5) is 2.60.